The molecule has 3 rings (SSSR count). The number of ether oxygens (including phenoxy) is 1. The molecule has 0 amide bonds. The molecule has 1 N–H and O–H groups in total. The third kappa shape index (κ3) is 4.09. The standard InChI is InChI=1S/C17H28N2O2/c1-12-7-15(20-16(12)8-18-14-5-6-14)10-19-9-13(2)21-17(3,4)11-19/h7,13-14,18H,5-6,8-11H2,1-4H3. The molecule has 4 nitrogen and oxygen atoms in total. The average Bonchev–Trinajstić information content (AvgIpc) is 3.09. The van der Waals surface area contributed by atoms with E-state index in [4.69, 9.17) is 9.15 Å². The second-order valence-electron chi connectivity index (χ2n) is 7.33. The fraction of sp³-hybridized carbons (Fsp3) is 0.765. The van der Waals surface area contributed by atoms with E-state index >= 15 is 0 Å². The second-order valence-corrected chi connectivity index (χ2v) is 7.33. The summed E-state index contributed by atoms with van der Waals surface area (Å²) >= 11 is 0. The van der Waals surface area contributed by atoms with Crippen LogP contribution in [0.1, 0.15) is 50.7 Å². The first-order valence-corrected chi connectivity index (χ1v) is 8.13. The van der Waals surface area contributed by atoms with Crippen molar-refractivity contribution in [1.82, 2.24) is 10.2 Å². The Bertz CT molecular complexity index is 491. The smallest absolute Gasteiger partial charge is 0.120 e. The van der Waals surface area contributed by atoms with Crippen molar-refractivity contribution < 1.29 is 9.15 Å². The first kappa shape index (κ1) is 15.1. The molecular formula is C17H28N2O2. The Morgan fingerprint density at radius 2 is 2.14 bits per heavy atom. The third-order valence-corrected chi connectivity index (χ3v) is 4.22. The highest BCUT2D eigenvalue weighted by molar-refractivity contribution is 5.20. The van der Waals surface area contributed by atoms with Gasteiger partial charge in [-0.25, -0.2) is 0 Å². The minimum atomic E-state index is -0.0737. The van der Waals surface area contributed by atoms with Crippen molar-refractivity contribution in [3.8, 4) is 0 Å². The molecule has 2 heterocycles. The zero-order valence-electron chi connectivity index (χ0n) is 13.7. The lowest BCUT2D eigenvalue weighted by Crippen LogP contribution is -2.51. The highest BCUT2D eigenvalue weighted by Crippen LogP contribution is 2.25. The summed E-state index contributed by atoms with van der Waals surface area (Å²) in [4.78, 5) is 2.44. The number of hydrogen-bond acceptors (Lipinski definition) is 4. The van der Waals surface area contributed by atoms with Gasteiger partial charge in [0, 0.05) is 19.1 Å². The van der Waals surface area contributed by atoms with Gasteiger partial charge in [-0.3, -0.25) is 4.90 Å². The summed E-state index contributed by atoms with van der Waals surface area (Å²) in [5.41, 5.74) is 1.19. The quantitative estimate of drug-likeness (QED) is 0.905. The first-order chi connectivity index (χ1) is 9.91. The zero-order valence-corrected chi connectivity index (χ0v) is 13.7. The van der Waals surface area contributed by atoms with E-state index in [9.17, 15) is 0 Å². The van der Waals surface area contributed by atoms with Gasteiger partial charge in [-0.05, 0) is 52.2 Å². The SMILES string of the molecule is Cc1cc(CN2CC(C)OC(C)(C)C2)oc1CNC1CC1. The number of rotatable bonds is 5. The van der Waals surface area contributed by atoms with Crippen molar-refractivity contribution in [3.63, 3.8) is 0 Å². The van der Waals surface area contributed by atoms with E-state index in [2.05, 4.69) is 44.0 Å². The molecule has 1 aromatic heterocycles. The van der Waals surface area contributed by atoms with E-state index in [0.717, 1.165) is 43.7 Å². The van der Waals surface area contributed by atoms with Gasteiger partial charge in [0.2, 0.25) is 0 Å². The Morgan fingerprint density at radius 1 is 1.38 bits per heavy atom. The molecule has 21 heavy (non-hydrogen) atoms. The van der Waals surface area contributed by atoms with E-state index in [1.54, 1.807) is 0 Å². The molecule has 118 valence electrons. The van der Waals surface area contributed by atoms with Crippen LogP contribution in [0.3, 0.4) is 0 Å². The molecular weight excluding hydrogens is 264 g/mol. The summed E-state index contributed by atoms with van der Waals surface area (Å²) in [6.45, 7) is 12.3. The van der Waals surface area contributed by atoms with Crippen LogP contribution in [-0.2, 0) is 17.8 Å². The molecule has 2 aliphatic rings. The molecule has 1 unspecified atom stereocenters. The van der Waals surface area contributed by atoms with E-state index in [1.807, 2.05) is 0 Å². The van der Waals surface area contributed by atoms with Crippen LogP contribution in [0.4, 0.5) is 0 Å². The van der Waals surface area contributed by atoms with Crippen LogP contribution in [0.5, 0.6) is 0 Å². The Balaban J connectivity index is 1.60. The molecule has 2 fully saturated rings. The van der Waals surface area contributed by atoms with Crippen LogP contribution < -0.4 is 5.32 Å². The van der Waals surface area contributed by atoms with Gasteiger partial charge in [-0.2, -0.15) is 0 Å². The lowest BCUT2D eigenvalue weighted by atomic mass is 10.1. The Morgan fingerprint density at radius 3 is 2.81 bits per heavy atom. The highest BCUT2D eigenvalue weighted by Gasteiger charge is 2.31. The fourth-order valence-electron chi connectivity index (χ4n) is 3.29. The molecule has 1 atom stereocenters. The highest BCUT2D eigenvalue weighted by atomic mass is 16.5. The van der Waals surface area contributed by atoms with Crippen LogP contribution in [-0.4, -0.2) is 35.7 Å². The van der Waals surface area contributed by atoms with Gasteiger partial charge in [0.25, 0.3) is 0 Å². The van der Waals surface area contributed by atoms with Crippen LogP contribution in [0.2, 0.25) is 0 Å². The normalized spacial score (nSPS) is 26.2. The predicted molar refractivity (Wildman–Crippen MR) is 83.2 cm³/mol. The summed E-state index contributed by atoms with van der Waals surface area (Å²) < 4.78 is 12.0. The second kappa shape index (κ2) is 5.75. The van der Waals surface area contributed by atoms with Gasteiger partial charge in [-0.1, -0.05) is 0 Å². The van der Waals surface area contributed by atoms with Gasteiger partial charge in [0.05, 0.1) is 24.8 Å². The minimum absolute atomic E-state index is 0.0737. The zero-order chi connectivity index (χ0) is 15.0. The Kier molecular flexibility index (Phi) is 4.12. The maximum atomic E-state index is 6.05. The van der Waals surface area contributed by atoms with Crippen LogP contribution in [0.15, 0.2) is 10.5 Å². The first-order valence-electron chi connectivity index (χ1n) is 8.13. The summed E-state index contributed by atoms with van der Waals surface area (Å²) in [7, 11) is 0. The molecule has 0 spiro atoms. The molecule has 1 aromatic rings. The Hall–Kier alpha value is -0.840. The number of nitrogens with one attached hydrogen (secondary N) is 1. The van der Waals surface area contributed by atoms with Crippen molar-refractivity contribution in [1.29, 1.82) is 0 Å². The number of morpholine rings is 1. The van der Waals surface area contributed by atoms with Crippen molar-refractivity contribution in [2.24, 2.45) is 0 Å². The monoisotopic (exact) mass is 292 g/mol. The van der Waals surface area contributed by atoms with Crippen molar-refractivity contribution >= 4 is 0 Å². The average molecular weight is 292 g/mol. The van der Waals surface area contributed by atoms with E-state index < -0.39 is 0 Å². The molecule has 1 aliphatic heterocycles. The lowest BCUT2D eigenvalue weighted by Gasteiger charge is -2.41. The van der Waals surface area contributed by atoms with Crippen LogP contribution in [0.25, 0.3) is 0 Å². The van der Waals surface area contributed by atoms with Gasteiger partial charge in [0.1, 0.15) is 11.5 Å². The van der Waals surface area contributed by atoms with Gasteiger partial charge < -0.3 is 14.5 Å². The molecule has 1 saturated carbocycles. The molecule has 1 aliphatic carbocycles. The maximum absolute atomic E-state index is 6.05. The van der Waals surface area contributed by atoms with E-state index in [1.165, 1.54) is 18.4 Å². The minimum Gasteiger partial charge on any atom is -0.463 e. The molecule has 1 saturated heterocycles. The number of furan rings is 1. The van der Waals surface area contributed by atoms with E-state index in [0.29, 0.717) is 0 Å². The summed E-state index contributed by atoms with van der Waals surface area (Å²) in [6, 6.07) is 2.91. The predicted octanol–water partition coefficient (Wildman–Crippen LogP) is 2.84. The van der Waals surface area contributed by atoms with Crippen molar-refractivity contribution in [3.05, 3.63) is 23.2 Å². The van der Waals surface area contributed by atoms with Gasteiger partial charge in [-0.15, -0.1) is 0 Å². The fourth-order valence-corrected chi connectivity index (χ4v) is 3.29. The Labute approximate surface area is 127 Å². The molecule has 0 aromatic carbocycles. The third-order valence-electron chi connectivity index (χ3n) is 4.22. The molecule has 0 radical (unpaired) electrons. The van der Waals surface area contributed by atoms with Crippen molar-refractivity contribution in [2.45, 2.75) is 71.4 Å². The molecule has 4 heteroatoms. The van der Waals surface area contributed by atoms with Crippen LogP contribution >= 0.6 is 0 Å². The summed E-state index contributed by atoms with van der Waals surface area (Å²) in [5.74, 6) is 2.17. The number of aryl methyl sites for hydroxylation is 1. The summed E-state index contributed by atoms with van der Waals surface area (Å²) in [5, 5.41) is 3.52. The lowest BCUT2D eigenvalue weighted by molar-refractivity contribution is -0.131. The molecule has 0 bridgehead atoms. The largest absolute Gasteiger partial charge is 0.463 e. The maximum Gasteiger partial charge on any atom is 0.120 e. The number of hydrogen-bond donors (Lipinski definition) is 1. The van der Waals surface area contributed by atoms with Gasteiger partial charge in [0.15, 0.2) is 0 Å². The van der Waals surface area contributed by atoms with Gasteiger partial charge >= 0.3 is 0 Å². The number of nitrogens with zero attached hydrogens (tertiary/aromatic N) is 1. The topological polar surface area (TPSA) is 37.6 Å². The summed E-state index contributed by atoms with van der Waals surface area (Å²) in [6.07, 6.45) is 2.90. The van der Waals surface area contributed by atoms with Crippen molar-refractivity contribution in [2.75, 3.05) is 13.1 Å². The van der Waals surface area contributed by atoms with Crippen LogP contribution in [0, 0.1) is 6.92 Å². The van der Waals surface area contributed by atoms with E-state index in [-0.39, 0.29) is 11.7 Å².